The fourth-order valence-corrected chi connectivity index (χ4v) is 2.72. The van der Waals surface area contributed by atoms with Gasteiger partial charge in [0.15, 0.2) is 0 Å². The number of rotatable bonds is 3. The molecule has 1 amide bonds. The molecule has 0 aliphatic rings. The lowest BCUT2D eigenvalue weighted by atomic mass is 10.2. The minimum atomic E-state index is -0.246. The highest BCUT2D eigenvalue weighted by Crippen LogP contribution is 2.15. The van der Waals surface area contributed by atoms with Gasteiger partial charge < -0.3 is 15.4 Å². The summed E-state index contributed by atoms with van der Waals surface area (Å²) in [6.45, 7) is 0.0232. The molecule has 0 spiro atoms. The number of carbonyl (C=O) groups excluding carboxylic acids is 1. The molecule has 2 rings (SSSR count). The number of amides is 1. The van der Waals surface area contributed by atoms with Crippen molar-refractivity contribution in [1.29, 1.82) is 0 Å². The van der Waals surface area contributed by atoms with E-state index in [-0.39, 0.29) is 23.9 Å². The Hall–Kier alpha value is -1.88. The summed E-state index contributed by atoms with van der Waals surface area (Å²) in [5.74, 6) is 4.98. The summed E-state index contributed by atoms with van der Waals surface area (Å²) >= 11 is 2.34. The average molecular weight is 294 g/mol. The van der Waals surface area contributed by atoms with Gasteiger partial charge in [0.05, 0.1) is 6.54 Å². The van der Waals surface area contributed by atoms with Crippen LogP contribution in [0.3, 0.4) is 0 Å². The van der Waals surface area contributed by atoms with Gasteiger partial charge in [-0.25, -0.2) is 0 Å². The molecule has 19 heavy (non-hydrogen) atoms. The van der Waals surface area contributed by atoms with Crippen LogP contribution in [0.1, 0.15) is 20.9 Å². The number of aromatic amines is 1. The lowest BCUT2D eigenvalue weighted by Gasteiger charge is -2.01. The predicted octanol–water partition coefficient (Wildman–Crippen LogP) is 0.772. The van der Waals surface area contributed by atoms with Crippen molar-refractivity contribution < 1.29 is 9.90 Å². The molecule has 2 heterocycles. The maximum absolute atomic E-state index is 12.0. The van der Waals surface area contributed by atoms with Gasteiger partial charge >= 0.3 is 4.87 Å². The molecule has 2 aromatic heterocycles. The summed E-state index contributed by atoms with van der Waals surface area (Å²) in [5.41, 5.74) is 1.26. The van der Waals surface area contributed by atoms with E-state index in [4.69, 9.17) is 5.11 Å². The Labute approximate surface area is 116 Å². The topological polar surface area (TPSA) is 82.2 Å². The third-order valence-electron chi connectivity index (χ3n) is 2.18. The number of hydrogen-bond donors (Lipinski definition) is 3. The maximum atomic E-state index is 12.0. The van der Waals surface area contributed by atoms with Crippen molar-refractivity contribution in [2.75, 3.05) is 6.61 Å². The van der Waals surface area contributed by atoms with Crippen LogP contribution in [-0.4, -0.2) is 22.6 Å². The van der Waals surface area contributed by atoms with E-state index in [1.165, 1.54) is 11.3 Å². The van der Waals surface area contributed by atoms with Crippen LogP contribution in [-0.2, 0) is 6.54 Å². The van der Waals surface area contributed by atoms with Crippen molar-refractivity contribution in [3.63, 3.8) is 0 Å². The molecule has 0 aliphatic carbocycles. The van der Waals surface area contributed by atoms with Gasteiger partial charge in [-0.05, 0) is 11.4 Å². The van der Waals surface area contributed by atoms with Crippen LogP contribution in [0.15, 0.2) is 21.6 Å². The molecule has 0 saturated heterocycles. The zero-order chi connectivity index (χ0) is 13.7. The highest BCUT2D eigenvalue weighted by molar-refractivity contribution is 7.12. The molecule has 0 unspecified atom stereocenters. The highest BCUT2D eigenvalue weighted by Gasteiger charge is 2.11. The minimum Gasteiger partial charge on any atom is -0.384 e. The number of thiophene rings is 1. The van der Waals surface area contributed by atoms with E-state index in [0.717, 1.165) is 11.3 Å². The summed E-state index contributed by atoms with van der Waals surface area (Å²) in [6, 6.07) is 1.73. The standard InChI is InChI=1S/C12H10N2O3S2/c15-4-1-2-8-3-5-18-10(8)11(16)13-6-9-7-19-12(17)14-9/h3,5,7,15H,4,6H2,(H,13,16)(H,14,17). The van der Waals surface area contributed by atoms with Gasteiger partial charge in [-0.15, -0.1) is 11.3 Å². The third-order valence-corrected chi connectivity index (χ3v) is 3.82. The molecule has 0 radical (unpaired) electrons. The molecule has 98 valence electrons. The quantitative estimate of drug-likeness (QED) is 0.731. The van der Waals surface area contributed by atoms with Gasteiger partial charge in [-0.3, -0.25) is 9.59 Å². The van der Waals surface area contributed by atoms with Gasteiger partial charge in [0.2, 0.25) is 0 Å². The van der Waals surface area contributed by atoms with E-state index in [2.05, 4.69) is 22.1 Å². The largest absolute Gasteiger partial charge is 0.384 e. The molecular formula is C12H10N2O3S2. The summed E-state index contributed by atoms with van der Waals surface area (Å²) in [6.07, 6.45) is 0. The Morgan fingerprint density at radius 3 is 3.00 bits per heavy atom. The Balaban J connectivity index is 2.04. The van der Waals surface area contributed by atoms with Crippen LogP contribution in [0.5, 0.6) is 0 Å². The first-order valence-corrected chi connectivity index (χ1v) is 7.08. The number of aliphatic hydroxyl groups excluding tert-OH is 1. The van der Waals surface area contributed by atoms with Crippen LogP contribution >= 0.6 is 22.7 Å². The molecule has 0 saturated carbocycles. The second kappa shape index (κ2) is 6.33. The second-order valence-corrected chi connectivity index (χ2v) is 5.24. The molecule has 0 aromatic carbocycles. The van der Waals surface area contributed by atoms with Crippen molar-refractivity contribution >= 4 is 28.6 Å². The molecule has 5 nitrogen and oxygen atoms in total. The van der Waals surface area contributed by atoms with Crippen LogP contribution in [0.4, 0.5) is 0 Å². The van der Waals surface area contributed by atoms with E-state index in [0.29, 0.717) is 16.1 Å². The summed E-state index contributed by atoms with van der Waals surface area (Å²) in [5, 5.41) is 14.8. The zero-order valence-electron chi connectivity index (χ0n) is 9.73. The van der Waals surface area contributed by atoms with Crippen LogP contribution in [0.2, 0.25) is 0 Å². The molecule has 3 N–H and O–H groups in total. The molecule has 0 bridgehead atoms. The van der Waals surface area contributed by atoms with E-state index in [1.807, 2.05) is 0 Å². The molecule has 7 heteroatoms. The molecular weight excluding hydrogens is 284 g/mol. The maximum Gasteiger partial charge on any atom is 0.304 e. The number of carbonyl (C=O) groups is 1. The van der Waals surface area contributed by atoms with Gasteiger partial charge in [-0.1, -0.05) is 23.2 Å². The first kappa shape index (κ1) is 13.5. The van der Waals surface area contributed by atoms with Crippen molar-refractivity contribution in [3.05, 3.63) is 42.6 Å². The monoisotopic (exact) mass is 294 g/mol. The lowest BCUT2D eigenvalue weighted by Crippen LogP contribution is -2.23. The van der Waals surface area contributed by atoms with Gasteiger partial charge in [-0.2, -0.15) is 0 Å². The van der Waals surface area contributed by atoms with E-state index >= 15 is 0 Å². The van der Waals surface area contributed by atoms with Gasteiger partial charge in [0, 0.05) is 16.6 Å². The summed E-state index contributed by atoms with van der Waals surface area (Å²) in [4.78, 5) is 25.9. The van der Waals surface area contributed by atoms with Crippen molar-refractivity contribution in [1.82, 2.24) is 10.3 Å². The van der Waals surface area contributed by atoms with E-state index < -0.39 is 0 Å². The van der Waals surface area contributed by atoms with E-state index in [1.54, 1.807) is 16.8 Å². The number of nitrogens with one attached hydrogen (secondary N) is 2. The summed E-state index contributed by atoms with van der Waals surface area (Å²) < 4.78 is 0. The number of thiazole rings is 1. The van der Waals surface area contributed by atoms with Gasteiger partial charge in [0.25, 0.3) is 5.91 Å². The first-order valence-electron chi connectivity index (χ1n) is 5.33. The highest BCUT2D eigenvalue weighted by atomic mass is 32.1. The van der Waals surface area contributed by atoms with Crippen molar-refractivity contribution in [3.8, 4) is 11.8 Å². The lowest BCUT2D eigenvalue weighted by molar-refractivity contribution is 0.0954. The van der Waals surface area contributed by atoms with Gasteiger partial charge in [0.1, 0.15) is 11.5 Å². The number of hydrogen-bond acceptors (Lipinski definition) is 5. The third kappa shape index (κ3) is 3.54. The fraction of sp³-hybridized carbons (Fsp3) is 0.167. The van der Waals surface area contributed by atoms with Crippen molar-refractivity contribution in [2.24, 2.45) is 0 Å². The number of aromatic nitrogens is 1. The Bertz CT molecular complexity index is 687. The van der Waals surface area contributed by atoms with Crippen LogP contribution in [0.25, 0.3) is 0 Å². The predicted molar refractivity (Wildman–Crippen MR) is 74.4 cm³/mol. The van der Waals surface area contributed by atoms with Crippen LogP contribution in [0, 0.1) is 11.8 Å². The molecule has 0 aliphatic heterocycles. The minimum absolute atomic E-state index is 0.144. The number of aliphatic hydroxyl groups is 1. The number of H-pyrrole nitrogens is 1. The molecule has 2 aromatic rings. The van der Waals surface area contributed by atoms with Crippen molar-refractivity contribution in [2.45, 2.75) is 6.54 Å². The van der Waals surface area contributed by atoms with E-state index in [9.17, 15) is 9.59 Å². The Morgan fingerprint density at radius 2 is 2.32 bits per heavy atom. The molecule has 0 fully saturated rings. The average Bonchev–Trinajstić information content (AvgIpc) is 3.02. The Kier molecular flexibility index (Phi) is 4.52. The second-order valence-electron chi connectivity index (χ2n) is 3.48. The first-order chi connectivity index (χ1) is 9.20. The smallest absolute Gasteiger partial charge is 0.304 e. The molecule has 0 atom stereocenters. The normalized spacial score (nSPS) is 9.74. The summed E-state index contributed by atoms with van der Waals surface area (Å²) in [7, 11) is 0. The SMILES string of the molecule is O=C(NCc1csc(=O)[nH]1)c1sccc1C#CCO. The van der Waals surface area contributed by atoms with Crippen LogP contribution < -0.4 is 10.2 Å². The zero-order valence-corrected chi connectivity index (χ0v) is 11.4. The fourth-order valence-electron chi connectivity index (χ4n) is 1.37. The Morgan fingerprint density at radius 1 is 1.47 bits per heavy atom.